The molecule has 1 amide bonds. The molecule has 2 N–H and O–H groups in total. The average molecular weight is 395 g/mol. The van der Waals surface area contributed by atoms with Crippen LogP contribution in [0.2, 0.25) is 0 Å². The van der Waals surface area contributed by atoms with E-state index in [9.17, 15) is 19.7 Å². The van der Waals surface area contributed by atoms with Gasteiger partial charge in [0.2, 0.25) is 5.91 Å². The summed E-state index contributed by atoms with van der Waals surface area (Å²) in [5.74, 6) is -1.37. The molecule has 1 aliphatic heterocycles. The Morgan fingerprint density at radius 1 is 1.41 bits per heavy atom. The number of nitrogens with zero attached hydrogens (tertiary/aromatic N) is 1. The molecule has 0 aliphatic carbocycles. The van der Waals surface area contributed by atoms with E-state index >= 15 is 0 Å². The van der Waals surface area contributed by atoms with Gasteiger partial charge in [0.05, 0.1) is 23.6 Å². The van der Waals surface area contributed by atoms with Crippen molar-refractivity contribution in [2.24, 2.45) is 5.92 Å². The van der Waals surface area contributed by atoms with E-state index in [4.69, 9.17) is 21.7 Å². The van der Waals surface area contributed by atoms with Crippen LogP contribution >= 0.6 is 12.2 Å². The first kappa shape index (κ1) is 20.7. The van der Waals surface area contributed by atoms with Gasteiger partial charge in [0, 0.05) is 30.7 Å². The molecule has 9 nitrogen and oxygen atoms in total. The van der Waals surface area contributed by atoms with Gasteiger partial charge in [-0.05, 0) is 38.2 Å². The summed E-state index contributed by atoms with van der Waals surface area (Å²) >= 11 is 5.05. The zero-order chi connectivity index (χ0) is 20.0. The highest BCUT2D eigenvalue weighted by molar-refractivity contribution is 7.80. The predicted molar refractivity (Wildman–Crippen MR) is 101 cm³/mol. The van der Waals surface area contributed by atoms with Gasteiger partial charge in [0.1, 0.15) is 6.10 Å². The van der Waals surface area contributed by atoms with E-state index in [-0.39, 0.29) is 29.4 Å². The third-order valence-electron chi connectivity index (χ3n) is 3.80. The number of non-ortho nitro benzene ring substituents is 1. The van der Waals surface area contributed by atoms with Crippen molar-refractivity contribution in [2.45, 2.75) is 38.9 Å². The van der Waals surface area contributed by atoms with E-state index in [0.29, 0.717) is 18.7 Å². The van der Waals surface area contributed by atoms with Crippen LogP contribution in [0.3, 0.4) is 0 Å². The number of amides is 1. The predicted octanol–water partition coefficient (Wildman–Crippen LogP) is 2.15. The van der Waals surface area contributed by atoms with Crippen molar-refractivity contribution < 1.29 is 24.0 Å². The zero-order valence-corrected chi connectivity index (χ0v) is 15.8. The van der Waals surface area contributed by atoms with Crippen molar-refractivity contribution in [1.82, 2.24) is 5.32 Å². The fourth-order valence-electron chi connectivity index (χ4n) is 2.52. The molecule has 2 atom stereocenters. The van der Waals surface area contributed by atoms with Crippen LogP contribution < -0.4 is 10.6 Å². The minimum Gasteiger partial charge on any atom is -0.460 e. The van der Waals surface area contributed by atoms with Gasteiger partial charge in [-0.2, -0.15) is 0 Å². The van der Waals surface area contributed by atoms with Crippen LogP contribution in [0, 0.1) is 16.0 Å². The van der Waals surface area contributed by atoms with Crippen molar-refractivity contribution in [3.8, 4) is 0 Å². The fraction of sp³-hybridized carbons (Fsp3) is 0.471. The molecule has 1 aliphatic rings. The Morgan fingerprint density at radius 2 is 2.07 bits per heavy atom. The van der Waals surface area contributed by atoms with E-state index in [1.54, 1.807) is 0 Å². The van der Waals surface area contributed by atoms with Crippen molar-refractivity contribution in [2.75, 3.05) is 11.9 Å². The maximum absolute atomic E-state index is 12.1. The van der Waals surface area contributed by atoms with Gasteiger partial charge in [0.25, 0.3) is 5.69 Å². The van der Waals surface area contributed by atoms with Crippen molar-refractivity contribution in [3.05, 3.63) is 34.4 Å². The SMILES string of the molecule is CC(C)OC[C@H]1C[C@H](CC(=O)NC(=S)Nc2ccc([N+](=O)[O-])cc2)C(=O)O1. The molecular weight excluding hydrogens is 374 g/mol. The third-order valence-corrected chi connectivity index (χ3v) is 4.00. The van der Waals surface area contributed by atoms with E-state index in [1.807, 2.05) is 13.8 Å². The summed E-state index contributed by atoms with van der Waals surface area (Å²) in [7, 11) is 0. The van der Waals surface area contributed by atoms with Gasteiger partial charge in [-0.1, -0.05) is 0 Å². The van der Waals surface area contributed by atoms with E-state index in [0.717, 1.165) is 0 Å². The first-order valence-corrected chi connectivity index (χ1v) is 8.82. The molecular formula is C17H21N3O6S. The Labute approximate surface area is 161 Å². The summed E-state index contributed by atoms with van der Waals surface area (Å²) in [6.07, 6.45) is 0.0671. The number of hydrogen-bond donors (Lipinski definition) is 2. The fourth-order valence-corrected chi connectivity index (χ4v) is 2.75. The number of nitrogens with one attached hydrogen (secondary N) is 2. The standard InChI is InChI=1S/C17H21N3O6S/c1-10(2)25-9-14-7-11(16(22)26-14)8-15(21)19-17(27)18-12-3-5-13(6-4-12)20(23)24/h3-6,10-11,14H,7-9H2,1-2H3,(H2,18,19,21,27)/t11-,14-/m1/s1. The number of cyclic esters (lactones) is 1. The number of rotatable bonds is 7. The maximum atomic E-state index is 12.1. The Kier molecular flexibility index (Phi) is 7.19. The largest absolute Gasteiger partial charge is 0.460 e. The highest BCUT2D eigenvalue weighted by Crippen LogP contribution is 2.24. The molecule has 10 heteroatoms. The summed E-state index contributed by atoms with van der Waals surface area (Å²) in [5.41, 5.74) is 0.448. The minimum absolute atomic E-state index is 0.0360. The van der Waals surface area contributed by atoms with Gasteiger partial charge in [0.15, 0.2) is 5.11 Å². The number of carbonyl (C=O) groups excluding carboxylic acids is 2. The molecule has 1 aromatic rings. The van der Waals surface area contributed by atoms with E-state index in [2.05, 4.69) is 10.6 Å². The van der Waals surface area contributed by atoms with Crippen LogP contribution in [0.1, 0.15) is 26.7 Å². The molecule has 27 heavy (non-hydrogen) atoms. The zero-order valence-electron chi connectivity index (χ0n) is 15.0. The quantitative estimate of drug-likeness (QED) is 0.312. The summed E-state index contributed by atoms with van der Waals surface area (Å²) in [6, 6.07) is 5.59. The molecule has 0 unspecified atom stereocenters. The normalized spacial score (nSPS) is 18.9. The molecule has 0 aromatic heterocycles. The number of anilines is 1. The molecule has 0 spiro atoms. The third kappa shape index (κ3) is 6.57. The molecule has 0 bridgehead atoms. The second-order valence-electron chi connectivity index (χ2n) is 6.38. The van der Waals surface area contributed by atoms with Gasteiger partial charge >= 0.3 is 5.97 Å². The molecule has 1 heterocycles. The highest BCUT2D eigenvalue weighted by atomic mass is 32.1. The number of nitro groups is 1. The first-order valence-electron chi connectivity index (χ1n) is 8.42. The van der Waals surface area contributed by atoms with Crippen LogP contribution in [0.25, 0.3) is 0 Å². The molecule has 146 valence electrons. The lowest BCUT2D eigenvalue weighted by atomic mass is 10.0. The molecule has 0 saturated carbocycles. The van der Waals surface area contributed by atoms with Crippen molar-refractivity contribution >= 4 is 40.6 Å². The lowest BCUT2D eigenvalue weighted by molar-refractivity contribution is -0.384. The number of ether oxygens (including phenoxy) is 2. The molecule has 2 rings (SSSR count). The average Bonchev–Trinajstić information content (AvgIpc) is 2.93. The van der Waals surface area contributed by atoms with Gasteiger partial charge in [-0.15, -0.1) is 0 Å². The lowest BCUT2D eigenvalue weighted by Gasteiger charge is -2.12. The number of benzene rings is 1. The second kappa shape index (κ2) is 9.38. The number of thiocarbonyl (C=S) groups is 1. The molecule has 1 aromatic carbocycles. The number of hydrogen-bond acceptors (Lipinski definition) is 7. The number of esters is 1. The Balaban J connectivity index is 1.78. The number of carbonyl (C=O) groups is 2. The Hall–Kier alpha value is -2.59. The molecule has 0 radical (unpaired) electrons. The number of nitro benzene ring substituents is 1. The molecule has 1 saturated heterocycles. The summed E-state index contributed by atoms with van der Waals surface area (Å²) in [6.45, 7) is 4.09. The van der Waals surface area contributed by atoms with Gasteiger partial charge in [-0.3, -0.25) is 19.7 Å². The molecule has 1 fully saturated rings. The second-order valence-corrected chi connectivity index (χ2v) is 6.79. The summed E-state index contributed by atoms with van der Waals surface area (Å²) in [4.78, 5) is 34.1. The van der Waals surface area contributed by atoms with Gasteiger partial charge in [-0.25, -0.2) is 0 Å². The highest BCUT2D eigenvalue weighted by Gasteiger charge is 2.36. The smallest absolute Gasteiger partial charge is 0.309 e. The van der Waals surface area contributed by atoms with E-state index < -0.39 is 22.7 Å². The topological polar surface area (TPSA) is 120 Å². The summed E-state index contributed by atoms with van der Waals surface area (Å²) < 4.78 is 10.6. The van der Waals surface area contributed by atoms with Crippen LogP contribution in [0.15, 0.2) is 24.3 Å². The Morgan fingerprint density at radius 3 is 2.67 bits per heavy atom. The van der Waals surface area contributed by atoms with Crippen molar-refractivity contribution in [3.63, 3.8) is 0 Å². The first-order chi connectivity index (χ1) is 12.7. The van der Waals surface area contributed by atoms with Crippen LogP contribution in [-0.2, 0) is 19.1 Å². The van der Waals surface area contributed by atoms with Crippen LogP contribution in [0.4, 0.5) is 11.4 Å². The van der Waals surface area contributed by atoms with Gasteiger partial charge < -0.3 is 20.1 Å². The van der Waals surface area contributed by atoms with Crippen molar-refractivity contribution in [1.29, 1.82) is 0 Å². The summed E-state index contributed by atoms with van der Waals surface area (Å²) in [5, 5.41) is 15.9. The lowest BCUT2D eigenvalue weighted by Crippen LogP contribution is -2.35. The maximum Gasteiger partial charge on any atom is 0.309 e. The monoisotopic (exact) mass is 395 g/mol. The van der Waals surface area contributed by atoms with Crippen LogP contribution in [0.5, 0.6) is 0 Å². The van der Waals surface area contributed by atoms with Crippen LogP contribution in [-0.4, -0.2) is 40.7 Å². The van der Waals surface area contributed by atoms with E-state index in [1.165, 1.54) is 24.3 Å². The minimum atomic E-state index is -0.534. The Bertz CT molecular complexity index is 722.